The number of carbonyl (C=O) groups is 1. The molecule has 1 amide bonds. The quantitative estimate of drug-likeness (QED) is 0.604. The van der Waals surface area contributed by atoms with Gasteiger partial charge < -0.3 is 5.73 Å². The van der Waals surface area contributed by atoms with Gasteiger partial charge in [0.1, 0.15) is 0 Å². The molecule has 0 saturated heterocycles. The summed E-state index contributed by atoms with van der Waals surface area (Å²) in [6.45, 7) is 0.370. The van der Waals surface area contributed by atoms with Gasteiger partial charge in [-0.2, -0.15) is 0 Å². The van der Waals surface area contributed by atoms with Crippen molar-refractivity contribution in [3.8, 4) is 0 Å². The fourth-order valence-corrected chi connectivity index (χ4v) is 1.76. The fourth-order valence-electron chi connectivity index (χ4n) is 1.76. The molecule has 17 heavy (non-hydrogen) atoms. The average molecular weight is 232 g/mol. The zero-order valence-corrected chi connectivity index (χ0v) is 9.50. The standard InChI is InChI=1S/C13H16N2O2/c14-12-7-6-11(8-12)13(16)15-17-9-10-4-2-1-3-5-10/h1-7,11-12H,8-9,14H2,(H,15,16). The Morgan fingerprint density at radius 3 is 2.76 bits per heavy atom. The van der Waals surface area contributed by atoms with Crippen LogP contribution in [0.5, 0.6) is 0 Å². The van der Waals surface area contributed by atoms with Gasteiger partial charge in [0.25, 0.3) is 5.91 Å². The molecule has 0 bridgehead atoms. The number of carbonyl (C=O) groups excluding carboxylic acids is 1. The lowest BCUT2D eigenvalue weighted by molar-refractivity contribution is -0.137. The minimum atomic E-state index is -0.166. The van der Waals surface area contributed by atoms with E-state index < -0.39 is 0 Å². The van der Waals surface area contributed by atoms with Gasteiger partial charge in [0.15, 0.2) is 0 Å². The van der Waals surface area contributed by atoms with Crippen molar-refractivity contribution in [3.05, 3.63) is 48.0 Å². The van der Waals surface area contributed by atoms with Crippen LogP contribution in [0.3, 0.4) is 0 Å². The molecule has 0 aliphatic heterocycles. The van der Waals surface area contributed by atoms with Crippen molar-refractivity contribution in [3.63, 3.8) is 0 Å². The van der Waals surface area contributed by atoms with E-state index in [9.17, 15) is 4.79 Å². The van der Waals surface area contributed by atoms with Gasteiger partial charge in [-0.05, 0) is 12.0 Å². The molecule has 2 unspecified atom stereocenters. The molecule has 0 radical (unpaired) electrons. The summed E-state index contributed by atoms with van der Waals surface area (Å²) in [5, 5.41) is 0. The summed E-state index contributed by atoms with van der Waals surface area (Å²) in [5.41, 5.74) is 9.14. The minimum Gasteiger partial charge on any atom is -0.324 e. The lowest BCUT2D eigenvalue weighted by Gasteiger charge is -2.10. The normalized spacial score (nSPS) is 22.6. The predicted octanol–water partition coefficient (Wildman–Crippen LogP) is 1.14. The van der Waals surface area contributed by atoms with Crippen LogP contribution in [0.25, 0.3) is 0 Å². The van der Waals surface area contributed by atoms with Crippen LogP contribution in [0.2, 0.25) is 0 Å². The SMILES string of the molecule is NC1C=CC(C(=O)NOCc2ccccc2)C1. The predicted molar refractivity (Wildman–Crippen MR) is 64.6 cm³/mol. The smallest absolute Gasteiger partial charge is 0.250 e. The van der Waals surface area contributed by atoms with Gasteiger partial charge in [-0.3, -0.25) is 9.63 Å². The molecule has 1 aliphatic carbocycles. The second kappa shape index (κ2) is 5.61. The van der Waals surface area contributed by atoms with Crippen LogP contribution in [-0.2, 0) is 16.2 Å². The summed E-state index contributed by atoms with van der Waals surface area (Å²) in [5.74, 6) is -0.300. The first kappa shape index (κ1) is 11.8. The molecule has 1 aromatic rings. The van der Waals surface area contributed by atoms with Crippen molar-refractivity contribution in [2.24, 2.45) is 11.7 Å². The van der Waals surface area contributed by atoms with Crippen LogP contribution in [0.1, 0.15) is 12.0 Å². The number of rotatable bonds is 4. The molecule has 2 rings (SSSR count). The maximum Gasteiger partial charge on any atom is 0.250 e. The van der Waals surface area contributed by atoms with Gasteiger partial charge in [-0.1, -0.05) is 42.5 Å². The van der Waals surface area contributed by atoms with Gasteiger partial charge >= 0.3 is 0 Å². The highest BCUT2D eigenvalue weighted by atomic mass is 16.6. The number of benzene rings is 1. The molecule has 4 nitrogen and oxygen atoms in total. The van der Waals surface area contributed by atoms with Crippen molar-refractivity contribution >= 4 is 5.91 Å². The van der Waals surface area contributed by atoms with E-state index in [1.165, 1.54) is 0 Å². The van der Waals surface area contributed by atoms with Crippen LogP contribution in [-0.4, -0.2) is 11.9 Å². The minimum absolute atomic E-state index is 0.0140. The maximum absolute atomic E-state index is 11.6. The van der Waals surface area contributed by atoms with E-state index in [0.717, 1.165) is 5.56 Å². The number of hydrogen-bond acceptors (Lipinski definition) is 3. The summed E-state index contributed by atoms with van der Waals surface area (Å²) in [6, 6.07) is 9.67. The van der Waals surface area contributed by atoms with Crippen molar-refractivity contribution in [1.82, 2.24) is 5.48 Å². The molecule has 90 valence electrons. The summed E-state index contributed by atoms with van der Waals surface area (Å²) >= 11 is 0. The number of nitrogens with one attached hydrogen (secondary N) is 1. The summed E-state index contributed by atoms with van der Waals surface area (Å²) < 4.78 is 0. The maximum atomic E-state index is 11.6. The highest BCUT2D eigenvalue weighted by Gasteiger charge is 2.22. The second-order valence-corrected chi connectivity index (χ2v) is 4.13. The van der Waals surface area contributed by atoms with Gasteiger partial charge in [-0.25, -0.2) is 5.48 Å². The van der Waals surface area contributed by atoms with Crippen molar-refractivity contribution in [2.45, 2.75) is 19.1 Å². The molecule has 0 saturated carbocycles. The van der Waals surface area contributed by atoms with Crippen LogP contribution >= 0.6 is 0 Å². The Kier molecular flexibility index (Phi) is 3.90. The first-order valence-corrected chi connectivity index (χ1v) is 5.65. The fraction of sp³-hybridized carbons (Fsp3) is 0.308. The van der Waals surface area contributed by atoms with Crippen LogP contribution < -0.4 is 11.2 Å². The van der Waals surface area contributed by atoms with E-state index in [1.807, 2.05) is 42.5 Å². The summed E-state index contributed by atoms with van der Waals surface area (Å²) in [4.78, 5) is 16.8. The topological polar surface area (TPSA) is 64.4 Å². The van der Waals surface area contributed by atoms with E-state index in [-0.39, 0.29) is 17.9 Å². The Bertz CT molecular complexity index is 403. The third kappa shape index (κ3) is 3.41. The third-order valence-corrected chi connectivity index (χ3v) is 2.71. The lowest BCUT2D eigenvalue weighted by Crippen LogP contribution is -2.30. The number of hydroxylamine groups is 1. The van der Waals surface area contributed by atoms with E-state index in [2.05, 4.69) is 5.48 Å². The largest absolute Gasteiger partial charge is 0.324 e. The van der Waals surface area contributed by atoms with Gasteiger partial charge in [0.05, 0.1) is 12.5 Å². The Balaban J connectivity index is 1.72. The van der Waals surface area contributed by atoms with Crippen molar-refractivity contribution in [1.29, 1.82) is 0 Å². The molecule has 1 aliphatic rings. The molecule has 4 heteroatoms. The first-order valence-electron chi connectivity index (χ1n) is 5.65. The van der Waals surface area contributed by atoms with Crippen molar-refractivity contribution < 1.29 is 9.63 Å². The second-order valence-electron chi connectivity index (χ2n) is 4.13. The zero-order valence-electron chi connectivity index (χ0n) is 9.50. The summed E-state index contributed by atoms with van der Waals surface area (Å²) in [6.07, 6.45) is 4.33. The van der Waals surface area contributed by atoms with E-state index in [1.54, 1.807) is 0 Å². The molecule has 0 fully saturated rings. The molecule has 2 atom stereocenters. The van der Waals surface area contributed by atoms with Crippen LogP contribution in [0.15, 0.2) is 42.5 Å². The lowest BCUT2D eigenvalue weighted by atomic mass is 10.1. The Hall–Kier alpha value is -1.65. The Labute approximate surface area is 100 Å². The average Bonchev–Trinajstić information content (AvgIpc) is 2.77. The number of nitrogens with two attached hydrogens (primary N) is 1. The Morgan fingerprint density at radius 2 is 2.12 bits per heavy atom. The monoisotopic (exact) mass is 232 g/mol. The molecular formula is C13H16N2O2. The number of hydrogen-bond donors (Lipinski definition) is 2. The van der Waals surface area contributed by atoms with Crippen LogP contribution in [0, 0.1) is 5.92 Å². The Morgan fingerprint density at radius 1 is 1.35 bits per heavy atom. The van der Waals surface area contributed by atoms with E-state index in [0.29, 0.717) is 13.0 Å². The van der Waals surface area contributed by atoms with Gasteiger partial charge in [0.2, 0.25) is 0 Å². The zero-order chi connectivity index (χ0) is 12.1. The molecule has 3 N–H and O–H groups in total. The number of amides is 1. The molecule has 1 aromatic carbocycles. The van der Waals surface area contributed by atoms with Crippen LogP contribution in [0.4, 0.5) is 0 Å². The third-order valence-electron chi connectivity index (χ3n) is 2.71. The van der Waals surface area contributed by atoms with Crippen molar-refractivity contribution in [2.75, 3.05) is 0 Å². The molecular weight excluding hydrogens is 216 g/mol. The highest BCUT2D eigenvalue weighted by molar-refractivity contribution is 5.80. The highest BCUT2D eigenvalue weighted by Crippen LogP contribution is 2.16. The van der Waals surface area contributed by atoms with E-state index in [4.69, 9.17) is 10.6 Å². The molecule has 0 heterocycles. The molecule has 0 spiro atoms. The van der Waals surface area contributed by atoms with Gasteiger partial charge in [0, 0.05) is 6.04 Å². The van der Waals surface area contributed by atoms with Gasteiger partial charge in [-0.15, -0.1) is 0 Å². The first-order chi connectivity index (χ1) is 8.25. The molecule has 0 aromatic heterocycles. The van der Waals surface area contributed by atoms with E-state index >= 15 is 0 Å². The summed E-state index contributed by atoms with van der Waals surface area (Å²) in [7, 11) is 0.